The van der Waals surface area contributed by atoms with E-state index in [9.17, 15) is 18.2 Å². The fourth-order valence-electron chi connectivity index (χ4n) is 7.53. The van der Waals surface area contributed by atoms with Gasteiger partial charge in [0, 0.05) is 42.6 Å². The number of allylic oxidation sites excluding steroid dienone is 1. The number of amides is 3. The highest BCUT2D eigenvalue weighted by atomic mass is 35.5. The molecular formula is C37H48ClFN4O5S. The zero-order valence-corrected chi connectivity index (χ0v) is 30.3. The average molecular weight is 715 g/mol. The van der Waals surface area contributed by atoms with E-state index >= 15 is 0 Å². The number of methoxy groups -OCH3 is 1. The Kier molecular flexibility index (Phi) is 10.9. The quantitative estimate of drug-likeness (QED) is 0.229. The van der Waals surface area contributed by atoms with Gasteiger partial charge in [-0.25, -0.2) is 9.18 Å². The van der Waals surface area contributed by atoms with Crippen LogP contribution in [0.4, 0.5) is 14.9 Å². The Balaban J connectivity index is 1.38. The van der Waals surface area contributed by atoms with Crippen LogP contribution in [-0.2, 0) is 27.2 Å². The predicted molar refractivity (Wildman–Crippen MR) is 192 cm³/mol. The highest BCUT2D eigenvalue weighted by Gasteiger charge is 2.42. The molecule has 2 unspecified atom stereocenters. The summed E-state index contributed by atoms with van der Waals surface area (Å²) in [5, 5.41) is 5.08. The maximum Gasteiger partial charge on any atom is 0.316 e. The minimum Gasteiger partial charge on any atom is -0.490 e. The van der Waals surface area contributed by atoms with Gasteiger partial charge < -0.3 is 25.0 Å². The molecule has 266 valence electrons. The number of alkyl halides is 1. The zero-order chi connectivity index (χ0) is 34.9. The van der Waals surface area contributed by atoms with Gasteiger partial charge in [-0.3, -0.25) is 9.00 Å². The normalized spacial score (nSPS) is 33.8. The molecule has 0 aromatic heterocycles. The first-order chi connectivity index (χ1) is 23.5. The lowest BCUT2D eigenvalue weighted by atomic mass is 9.69. The van der Waals surface area contributed by atoms with Gasteiger partial charge in [0.2, 0.25) is 0 Å². The Bertz CT molecular complexity index is 1680. The fraction of sp³-hybridized carbons (Fsp3) is 0.568. The fourth-order valence-corrected chi connectivity index (χ4v) is 8.93. The molecule has 2 aliphatic carbocycles. The van der Waals surface area contributed by atoms with E-state index < -0.39 is 40.1 Å². The van der Waals surface area contributed by atoms with Gasteiger partial charge in [-0.1, -0.05) is 57.0 Å². The molecule has 2 aromatic carbocycles. The summed E-state index contributed by atoms with van der Waals surface area (Å²) in [6.45, 7) is 8.09. The van der Waals surface area contributed by atoms with E-state index in [1.165, 1.54) is 11.1 Å². The molecule has 0 saturated heterocycles. The van der Waals surface area contributed by atoms with Gasteiger partial charge >= 0.3 is 6.03 Å². The Morgan fingerprint density at radius 2 is 2.02 bits per heavy atom. The van der Waals surface area contributed by atoms with Gasteiger partial charge in [-0.15, -0.1) is 0 Å². The largest absolute Gasteiger partial charge is 0.490 e. The van der Waals surface area contributed by atoms with E-state index in [1.807, 2.05) is 19.1 Å². The summed E-state index contributed by atoms with van der Waals surface area (Å²) in [6.07, 6.45) is 7.57. The van der Waals surface area contributed by atoms with Gasteiger partial charge in [0.25, 0.3) is 5.91 Å². The van der Waals surface area contributed by atoms with Crippen LogP contribution in [0.3, 0.4) is 0 Å². The maximum absolute atomic E-state index is 13.7. The number of urea groups is 1. The van der Waals surface area contributed by atoms with Crippen molar-refractivity contribution in [2.24, 2.45) is 22.1 Å². The second kappa shape index (κ2) is 15.0. The van der Waals surface area contributed by atoms with Gasteiger partial charge in [0.1, 0.15) is 17.3 Å². The van der Waals surface area contributed by atoms with Crippen LogP contribution in [0.25, 0.3) is 0 Å². The molecule has 0 radical (unpaired) electrons. The van der Waals surface area contributed by atoms with Crippen LogP contribution in [0.1, 0.15) is 74.4 Å². The number of carbonyl (C=O) groups excluding carboxylic acids is 2. The van der Waals surface area contributed by atoms with Crippen molar-refractivity contribution in [2.75, 3.05) is 31.7 Å². The van der Waals surface area contributed by atoms with Gasteiger partial charge in [0.15, 0.2) is 0 Å². The number of fused-ring (bicyclic) bond motifs is 2. The monoisotopic (exact) mass is 714 g/mol. The van der Waals surface area contributed by atoms with Crippen LogP contribution in [0.5, 0.6) is 5.75 Å². The number of thiol groups is 1. The lowest BCUT2D eigenvalue weighted by Gasteiger charge is -2.44. The molecule has 0 spiro atoms. The van der Waals surface area contributed by atoms with Crippen LogP contribution in [0.2, 0.25) is 5.02 Å². The Morgan fingerprint density at radius 1 is 1.22 bits per heavy atom. The number of hydrogen-bond acceptors (Lipinski definition) is 6. The van der Waals surface area contributed by atoms with Crippen LogP contribution in [-0.4, -0.2) is 66.6 Å². The smallest absolute Gasteiger partial charge is 0.316 e. The number of nitrogens with one attached hydrogen (secondary N) is 2. The summed E-state index contributed by atoms with van der Waals surface area (Å²) in [5.41, 5.74) is 3.11. The highest BCUT2D eigenvalue weighted by molar-refractivity contribution is 7.76. The third-order valence-corrected chi connectivity index (χ3v) is 12.3. The molecule has 2 fully saturated rings. The van der Waals surface area contributed by atoms with E-state index in [0.717, 1.165) is 37.9 Å². The number of benzene rings is 2. The first kappa shape index (κ1) is 35.7. The second-order valence-corrected chi connectivity index (χ2v) is 16.2. The maximum atomic E-state index is 13.7. The van der Waals surface area contributed by atoms with E-state index in [1.54, 1.807) is 25.3 Å². The van der Waals surface area contributed by atoms with Crippen molar-refractivity contribution in [1.82, 2.24) is 10.6 Å². The topological polar surface area (TPSA) is 109 Å². The molecule has 2 N–H and O–H groups in total. The second-order valence-electron chi connectivity index (χ2n) is 14.4. The van der Waals surface area contributed by atoms with Crippen molar-refractivity contribution in [3.8, 4) is 5.75 Å². The van der Waals surface area contributed by atoms with E-state index in [2.05, 4.69) is 52.0 Å². The number of nitrogens with zero attached hydrogens (tertiary/aromatic N) is 2. The molecule has 2 heterocycles. The highest BCUT2D eigenvalue weighted by Crippen LogP contribution is 2.44. The average Bonchev–Trinajstić information content (AvgIpc) is 3.78. The first-order valence-corrected chi connectivity index (χ1v) is 19.1. The van der Waals surface area contributed by atoms with E-state index in [4.69, 9.17) is 21.1 Å². The standard InChI is InChI=1S/C37H48ClFN4O5S/c1-5-7-23-16-26(38)12-14-28(23)37(3)20-43-19-25-10-13-27(25)32(47-4)9-6-8-22(2)35(41-36(45)40-30-18-29(30)39)49(46)42-34(44)24-11-15-33(48-21-37)31(43)17-24/h6,9,11-12,14-17,22,25,27,29-30,32,35,49H,5,7-8,10,13,18-21H2,1-4H3,(H2,40,41,45)/b9-6+/t22-,25-,27+,29+,30-,32-,35?,37-/m0/s1. The number of hydrogen-bond donors (Lipinski definition) is 3. The van der Waals surface area contributed by atoms with Crippen LogP contribution >= 0.6 is 11.6 Å². The van der Waals surface area contributed by atoms with Gasteiger partial charge in [-0.2, -0.15) is 4.36 Å². The molecule has 12 heteroatoms. The summed E-state index contributed by atoms with van der Waals surface area (Å²) in [6, 6.07) is 10.2. The third kappa shape index (κ3) is 7.94. The van der Waals surface area contributed by atoms with Gasteiger partial charge in [0.05, 0.1) is 35.0 Å². The zero-order valence-electron chi connectivity index (χ0n) is 28.7. The van der Waals surface area contributed by atoms with Crippen molar-refractivity contribution >= 4 is 39.8 Å². The summed E-state index contributed by atoms with van der Waals surface area (Å²) in [5.74, 6) is 0.343. The summed E-state index contributed by atoms with van der Waals surface area (Å²) in [4.78, 5) is 28.7. The van der Waals surface area contributed by atoms with Gasteiger partial charge in [-0.05, 0) is 84.9 Å². The molecule has 6 rings (SSSR count). The van der Waals surface area contributed by atoms with Crippen molar-refractivity contribution < 1.29 is 27.7 Å². The molecule has 2 aromatic rings. The van der Waals surface area contributed by atoms with Crippen LogP contribution in [0.15, 0.2) is 52.9 Å². The summed E-state index contributed by atoms with van der Waals surface area (Å²) >= 11 is 6.46. The number of anilines is 1. The molecule has 2 aliphatic heterocycles. The molecule has 2 bridgehead atoms. The SMILES string of the molecule is CCCc1cc(Cl)ccc1[C@]1(C)COc2ccc3cc2N(C[C@@H]2CC[C@H]2[C@@H](OC)/C=C/C[C@H](C)C(NC(=O)N[C@H]2C[C@H]2F)/[SH](=O)=N\C3=O)C1. The Hall–Kier alpha value is -3.15. The van der Waals surface area contributed by atoms with Crippen molar-refractivity contribution in [1.29, 1.82) is 0 Å². The molecule has 4 aliphatic rings. The van der Waals surface area contributed by atoms with Crippen LogP contribution in [0, 0.1) is 17.8 Å². The molecular weight excluding hydrogens is 667 g/mol. The molecule has 2 saturated carbocycles. The van der Waals surface area contributed by atoms with E-state index in [0.29, 0.717) is 41.8 Å². The summed E-state index contributed by atoms with van der Waals surface area (Å²) in [7, 11) is -0.840. The number of carbonyl (C=O) groups is 2. The predicted octanol–water partition coefficient (Wildman–Crippen LogP) is 6.63. The Labute approximate surface area is 295 Å². The third-order valence-electron chi connectivity index (χ3n) is 10.6. The Morgan fingerprint density at radius 3 is 2.71 bits per heavy atom. The lowest BCUT2D eigenvalue weighted by molar-refractivity contribution is 0.0132. The number of aryl methyl sites for hydroxylation is 1. The number of halogens is 2. The molecule has 3 amide bonds. The van der Waals surface area contributed by atoms with Crippen LogP contribution < -0.4 is 20.3 Å². The number of ether oxygens (including phenoxy) is 2. The minimum atomic E-state index is -2.57. The number of rotatable bonds is 6. The minimum absolute atomic E-state index is 0.113. The molecule has 9 atom stereocenters. The summed E-state index contributed by atoms with van der Waals surface area (Å²) < 4.78 is 43.9. The first-order valence-electron chi connectivity index (χ1n) is 17.4. The van der Waals surface area contributed by atoms with Crippen molar-refractivity contribution in [2.45, 2.75) is 88.4 Å². The van der Waals surface area contributed by atoms with Crippen molar-refractivity contribution in [3.05, 3.63) is 70.3 Å². The molecule has 49 heavy (non-hydrogen) atoms. The van der Waals surface area contributed by atoms with Crippen molar-refractivity contribution in [3.63, 3.8) is 0 Å². The lowest BCUT2D eigenvalue weighted by Crippen LogP contribution is -2.48. The van der Waals surface area contributed by atoms with E-state index in [-0.39, 0.29) is 29.8 Å². The molecule has 9 nitrogen and oxygen atoms in total.